The average molecular weight is 805 g/mol. The maximum atomic E-state index is 12.1. The Morgan fingerprint density at radius 3 is 0.526 bits per heavy atom. The molecular weight excluding hydrogens is 709 g/mol. The van der Waals surface area contributed by atoms with Gasteiger partial charge in [-0.2, -0.15) is 0 Å². The van der Waals surface area contributed by atoms with Crippen LogP contribution in [0.4, 0.5) is 0 Å². The van der Waals surface area contributed by atoms with Gasteiger partial charge in [0.05, 0.1) is 0 Å². The molecule has 4 amide bonds. The van der Waals surface area contributed by atoms with E-state index in [0.717, 1.165) is 57.8 Å². The van der Waals surface area contributed by atoms with Crippen LogP contribution < -0.4 is 21.3 Å². The minimum atomic E-state index is 0.0351. The molecule has 0 heterocycles. The molecule has 0 rings (SSSR count). The fourth-order valence-corrected chi connectivity index (χ4v) is 7.58. The summed E-state index contributed by atoms with van der Waals surface area (Å²) >= 11 is 0. The number of hydrogen-bond donors (Lipinski definition) is 4. The van der Waals surface area contributed by atoms with Crippen molar-refractivity contribution >= 4 is 23.6 Å². The van der Waals surface area contributed by atoms with Crippen LogP contribution in [-0.2, 0) is 19.2 Å². The van der Waals surface area contributed by atoms with Crippen LogP contribution in [0.1, 0.15) is 264 Å². The van der Waals surface area contributed by atoms with Gasteiger partial charge in [-0.3, -0.25) is 19.2 Å². The van der Waals surface area contributed by atoms with Gasteiger partial charge in [0.25, 0.3) is 0 Å². The van der Waals surface area contributed by atoms with Crippen molar-refractivity contribution in [3.63, 3.8) is 0 Å². The van der Waals surface area contributed by atoms with Crippen LogP contribution in [0.2, 0.25) is 0 Å². The van der Waals surface area contributed by atoms with Gasteiger partial charge < -0.3 is 21.3 Å². The van der Waals surface area contributed by atoms with Gasteiger partial charge >= 0.3 is 0 Å². The van der Waals surface area contributed by atoms with Gasteiger partial charge in [0.1, 0.15) is 0 Å². The highest BCUT2D eigenvalue weighted by atomic mass is 16.2. The number of hydrogen-bond acceptors (Lipinski definition) is 4. The molecule has 0 bridgehead atoms. The Bertz CT molecular complexity index is 829. The highest BCUT2D eigenvalue weighted by Crippen LogP contribution is 2.15. The Morgan fingerprint density at radius 2 is 0.368 bits per heavy atom. The van der Waals surface area contributed by atoms with Crippen LogP contribution in [0.3, 0.4) is 0 Å². The number of nitrogens with one attached hydrogen (secondary N) is 4. The van der Waals surface area contributed by atoms with E-state index >= 15 is 0 Å². The third-order valence-electron chi connectivity index (χ3n) is 11.4. The zero-order chi connectivity index (χ0) is 41.5. The van der Waals surface area contributed by atoms with Crippen LogP contribution in [0, 0.1) is 0 Å². The molecule has 0 unspecified atom stereocenters. The Hall–Kier alpha value is -2.12. The first-order chi connectivity index (χ1) is 28.0. The Kier molecular flexibility index (Phi) is 44.8. The van der Waals surface area contributed by atoms with Crippen molar-refractivity contribution < 1.29 is 19.2 Å². The number of amides is 4. The lowest BCUT2D eigenvalue weighted by Crippen LogP contribution is -2.34. The summed E-state index contributed by atoms with van der Waals surface area (Å²) in [5.74, 6) is 0.237. The SMILES string of the molecule is CCCCCCCCCCCCCCCCCC(=O)NCCNC(=O)CCCCCCCC(=O)NCCNC(=O)CCCCCCCCCCCCCCCCC. The van der Waals surface area contributed by atoms with Crippen LogP contribution in [-0.4, -0.2) is 49.8 Å². The lowest BCUT2D eigenvalue weighted by Gasteiger charge is -2.08. The second-order valence-corrected chi connectivity index (χ2v) is 17.1. The van der Waals surface area contributed by atoms with E-state index in [1.54, 1.807) is 0 Å². The molecule has 336 valence electrons. The molecule has 0 saturated heterocycles. The molecule has 0 aliphatic heterocycles. The monoisotopic (exact) mass is 805 g/mol. The van der Waals surface area contributed by atoms with Crippen LogP contribution in [0.25, 0.3) is 0 Å². The third-order valence-corrected chi connectivity index (χ3v) is 11.4. The van der Waals surface area contributed by atoms with Crippen molar-refractivity contribution in [1.82, 2.24) is 21.3 Å². The zero-order valence-corrected chi connectivity index (χ0v) is 38.0. The molecule has 4 N–H and O–H groups in total. The van der Waals surface area contributed by atoms with E-state index in [1.165, 1.54) is 167 Å². The summed E-state index contributed by atoms with van der Waals surface area (Å²) in [5.41, 5.74) is 0. The first-order valence-corrected chi connectivity index (χ1v) is 25.1. The van der Waals surface area contributed by atoms with E-state index in [0.29, 0.717) is 51.9 Å². The smallest absolute Gasteiger partial charge is 0.220 e. The van der Waals surface area contributed by atoms with Gasteiger partial charge in [0.2, 0.25) is 23.6 Å². The van der Waals surface area contributed by atoms with Crippen molar-refractivity contribution in [2.24, 2.45) is 0 Å². The largest absolute Gasteiger partial charge is 0.354 e. The quantitative estimate of drug-likeness (QED) is 0.0458. The molecule has 0 aromatic heterocycles. The third kappa shape index (κ3) is 46.4. The molecule has 8 heteroatoms. The van der Waals surface area contributed by atoms with E-state index in [-0.39, 0.29) is 23.6 Å². The number of rotatable bonds is 46. The fraction of sp³-hybridized carbons (Fsp3) is 0.918. The molecule has 0 aromatic rings. The molecule has 57 heavy (non-hydrogen) atoms. The predicted octanol–water partition coefficient (Wildman–Crippen LogP) is 12.7. The van der Waals surface area contributed by atoms with Gasteiger partial charge in [0, 0.05) is 51.9 Å². The van der Waals surface area contributed by atoms with Crippen molar-refractivity contribution in [2.75, 3.05) is 26.2 Å². The minimum Gasteiger partial charge on any atom is -0.354 e. The molecule has 0 aliphatic carbocycles. The molecule has 0 aromatic carbocycles. The van der Waals surface area contributed by atoms with E-state index in [1.807, 2.05) is 0 Å². The summed E-state index contributed by atoms with van der Waals surface area (Å²) in [6, 6.07) is 0. The van der Waals surface area contributed by atoms with E-state index in [2.05, 4.69) is 35.1 Å². The molecule has 0 aliphatic rings. The van der Waals surface area contributed by atoms with Crippen molar-refractivity contribution in [3.8, 4) is 0 Å². The summed E-state index contributed by atoms with van der Waals surface area (Å²) < 4.78 is 0. The van der Waals surface area contributed by atoms with Gasteiger partial charge in [-0.15, -0.1) is 0 Å². The van der Waals surface area contributed by atoms with E-state index < -0.39 is 0 Å². The normalized spacial score (nSPS) is 11.1. The van der Waals surface area contributed by atoms with Crippen LogP contribution >= 0.6 is 0 Å². The minimum absolute atomic E-state index is 0.0351. The Morgan fingerprint density at radius 1 is 0.228 bits per heavy atom. The van der Waals surface area contributed by atoms with Gasteiger partial charge in [-0.05, 0) is 25.7 Å². The highest BCUT2D eigenvalue weighted by Gasteiger charge is 2.06. The molecule has 8 nitrogen and oxygen atoms in total. The Balaban J connectivity index is 3.39. The predicted molar refractivity (Wildman–Crippen MR) is 243 cm³/mol. The summed E-state index contributed by atoms with van der Waals surface area (Å²) in [6.07, 6.45) is 46.4. The topological polar surface area (TPSA) is 116 Å². The second-order valence-electron chi connectivity index (χ2n) is 17.1. The molecule has 0 spiro atoms. The number of unbranched alkanes of at least 4 members (excludes halogenated alkanes) is 32. The van der Waals surface area contributed by atoms with Crippen molar-refractivity contribution in [3.05, 3.63) is 0 Å². The first kappa shape index (κ1) is 54.9. The number of carbonyl (C=O) groups is 4. The zero-order valence-electron chi connectivity index (χ0n) is 38.0. The van der Waals surface area contributed by atoms with Crippen molar-refractivity contribution in [2.45, 2.75) is 264 Å². The molecule has 0 atom stereocenters. The number of carbonyl (C=O) groups excluding carboxylic acids is 4. The van der Waals surface area contributed by atoms with E-state index in [9.17, 15) is 19.2 Å². The average Bonchev–Trinajstić information content (AvgIpc) is 3.20. The fourth-order valence-electron chi connectivity index (χ4n) is 7.58. The lowest BCUT2D eigenvalue weighted by atomic mass is 10.0. The maximum Gasteiger partial charge on any atom is 0.220 e. The first-order valence-electron chi connectivity index (χ1n) is 25.1. The summed E-state index contributed by atoms with van der Waals surface area (Å²) in [7, 11) is 0. The maximum absolute atomic E-state index is 12.1. The highest BCUT2D eigenvalue weighted by molar-refractivity contribution is 5.77. The second kappa shape index (κ2) is 46.6. The van der Waals surface area contributed by atoms with Crippen LogP contribution in [0.5, 0.6) is 0 Å². The molecule has 0 saturated carbocycles. The summed E-state index contributed by atoms with van der Waals surface area (Å²) in [5, 5.41) is 11.7. The van der Waals surface area contributed by atoms with Gasteiger partial charge in [-0.25, -0.2) is 0 Å². The molecule has 0 fully saturated rings. The van der Waals surface area contributed by atoms with Gasteiger partial charge in [0.15, 0.2) is 0 Å². The molecular formula is C49H96N4O4. The van der Waals surface area contributed by atoms with Crippen molar-refractivity contribution in [1.29, 1.82) is 0 Å². The lowest BCUT2D eigenvalue weighted by molar-refractivity contribution is -0.123. The van der Waals surface area contributed by atoms with Crippen LogP contribution in [0.15, 0.2) is 0 Å². The standard InChI is InChI=1S/C49H96N4O4/c1-3-5-7-9-11-13-15-17-19-21-23-25-27-30-34-38-46(54)50-42-44-52-48(56)40-36-32-29-33-37-41-49(57)53-45-43-51-47(55)39-35-31-28-26-24-22-20-18-16-14-12-10-8-6-4-2/h3-45H2,1-2H3,(H,50,54)(H,51,55)(H,52,56)(H,53,57). The Labute approximate surface area is 353 Å². The van der Waals surface area contributed by atoms with E-state index in [4.69, 9.17) is 0 Å². The molecule has 0 radical (unpaired) electrons. The summed E-state index contributed by atoms with van der Waals surface area (Å²) in [4.78, 5) is 48.4. The summed E-state index contributed by atoms with van der Waals surface area (Å²) in [6.45, 7) is 6.46. The van der Waals surface area contributed by atoms with Gasteiger partial charge in [-0.1, -0.05) is 213 Å².